The van der Waals surface area contributed by atoms with E-state index in [4.69, 9.17) is 5.11 Å². The van der Waals surface area contributed by atoms with Crippen LogP contribution in [0.3, 0.4) is 0 Å². The van der Waals surface area contributed by atoms with Crippen LogP contribution in [0.25, 0.3) is 0 Å². The number of nitrogens with one attached hydrogen (secondary N) is 2. The molecule has 2 amide bonds. The zero-order chi connectivity index (χ0) is 15.4. The summed E-state index contributed by atoms with van der Waals surface area (Å²) in [6.45, 7) is 3.73. The number of carbonyl (C=O) groups excluding carboxylic acids is 1. The highest BCUT2D eigenvalue weighted by molar-refractivity contribution is 7.09. The van der Waals surface area contributed by atoms with E-state index >= 15 is 0 Å². The van der Waals surface area contributed by atoms with Crippen LogP contribution in [0.15, 0.2) is 23.7 Å². The van der Waals surface area contributed by atoms with Crippen LogP contribution < -0.4 is 10.6 Å². The number of anilines is 1. The monoisotopic (exact) mass is 306 g/mol. The van der Waals surface area contributed by atoms with Gasteiger partial charge in [-0.15, -0.1) is 11.3 Å². The van der Waals surface area contributed by atoms with Gasteiger partial charge in [0.25, 0.3) is 0 Å². The first-order chi connectivity index (χ1) is 9.95. The number of rotatable bonds is 4. The number of urea groups is 1. The fraction of sp³-hybridized carbons (Fsp3) is 0.231. The second-order valence-corrected chi connectivity index (χ2v) is 5.27. The number of carboxylic acid groups (broad SMARTS) is 1. The van der Waals surface area contributed by atoms with E-state index in [-0.39, 0.29) is 11.7 Å². The van der Waals surface area contributed by atoms with Gasteiger partial charge in [-0.05, 0) is 26.0 Å². The quantitative estimate of drug-likeness (QED) is 0.804. The number of carbonyl (C=O) groups is 2. The van der Waals surface area contributed by atoms with Crippen molar-refractivity contribution in [2.75, 3.05) is 5.32 Å². The van der Waals surface area contributed by atoms with E-state index in [2.05, 4.69) is 20.6 Å². The maximum Gasteiger partial charge on any atom is 0.354 e. The molecule has 0 aliphatic rings. The molecule has 0 aromatic carbocycles. The van der Waals surface area contributed by atoms with Gasteiger partial charge in [-0.1, -0.05) is 0 Å². The van der Waals surface area contributed by atoms with Crippen LogP contribution in [0, 0.1) is 6.92 Å². The van der Waals surface area contributed by atoms with Gasteiger partial charge in [0, 0.05) is 11.1 Å². The van der Waals surface area contributed by atoms with Gasteiger partial charge < -0.3 is 15.7 Å². The van der Waals surface area contributed by atoms with Crippen molar-refractivity contribution in [3.8, 4) is 0 Å². The normalized spacial score (nSPS) is 11.7. The predicted octanol–water partition coefficient (Wildman–Crippen LogP) is 2.43. The summed E-state index contributed by atoms with van der Waals surface area (Å²) >= 11 is 1.48. The maximum absolute atomic E-state index is 11.8. The lowest BCUT2D eigenvalue weighted by Gasteiger charge is -2.12. The molecule has 2 aromatic heterocycles. The summed E-state index contributed by atoms with van der Waals surface area (Å²) in [5.74, 6) is -1.11. The lowest BCUT2D eigenvalue weighted by atomic mass is 10.3. The zero-order valence-electron chi connectivity index (χ0n) is 11.5. The number of aryl methyl sites for hydroxylation is 1. The SMILES string of the molecule is Cc1csc(C(C)NC(=O)Nc2ccc(C(=O)O)nc2)n1. The molecule has 0 saturated heterocycles. The van der Waals surface area contributed by atoms with E-state index in [1.807, 2.05) is 19.2 Å². The van der Waals surface area contributed by atoms with Crippen molar-refractivity contribution >= 4 is 29.0 Å². The molecule has 7 nitrogen and oxygen atoms in total. The van der Waals surface area contributed by atoms with Crippen LogP contribution in [-0.4, -0.2) is 27.1 Å². The van der Waals surface area contributed by atoms with E-state index in [9.17, 15) is 9.59 Å². The first-order valence-electron chi connectivity index (χ1n) is 6.14. The van der Waals surface area contributed by atoms with Gasteiger partial charge in [0.15, 0.2) is 0 Å². The molecule has 2 aromatic rings. The lowest BCUT2D eigenvalue weighted by Crippen LogP contribution is -2.31. The Morgan fingerprint density at radius 3 is 2.67 bits per heavy atom. The number of carboxylic acids is 1. The van der Waals surface area contributed by atoms with E-state index < -0.39 is 12.0 Å². The van der Waals surface area contributed by atoms with Crippen LogP contribution in [0.2, 0.25) is 0 Å². The number of hydrogen-bond acceptors (Lipinski definition) is 5. The summed E-state index contributed by atoms with van der Waals surface area (Å²) in [6, 6.07) is 2.19. The first kappa shape index (κ1) is 14.9. The summed E-state index contributed by atoms with van der Waals surface area (Å²) in [7, 11) is 0. The molecule has 0 aliphatic carbocycles. The molecule has 2 heterocycles. The fourth-order valence-electron chi connectivity index (χ4n) is 1.59. The van der Waals surface area contributed by atoms with E-state index in [1.54, 1.807) is 0 Å². The molecule has 0 saturated carbocycles. The highest BCUT2D eigenvalue weighted by atomic mass is 32.1. The largest absolute Gasteiger partial charge is 0.477 e. The van der Waals surface area contributed by atoms with Gasteiger partial charge in [0.2, 0.25) is 0 Å². The Labute approximate surface area is 125 Å². The molecule has 3 N–H and O–H groups in total. The van der Waals surface area contributed by atoms with Gasteiger partial charge in [0.1, 0.15) is 10.7 Å². The molecule has 0 aliphatic heterocycles. The summed E-state index contributed by atoms with van der Waals surface area (Å²) in [5.41, 5.74) is 1.25. The molecular formula is C13H14N4O3S. The first-order valence-corrected chi connectivity index (χ1v) is 7.02. The average molecular weight is 306 g/mol. The van der Waals surface area contributed by atoms with Crippen LogP contribution in [-0.2, 0) is 0 Å². The summed E-state index contributed by atoms with van der Waals surface area (Å²) < 4.78 is 0. The minimum absolute atomic E-state index is 0.0763. The number of amides is 2. The summed E-state index contributed by atoms with van der Waals surface area (Å²) in [6.07, 6.45) is 1.29. The van der Waals surface area contributed by atoms with Crippen LogP contribution in [0.5, 0.6) is 0 Å². The molecule has 1 unspecified atom stereocenters. The van der Waals surface area contributed by atoms with Gasteiger partial charge in [0.05, 0.1) is 17.9 Å². The third-order valence-electron chi connectivity index (χ3n) is 2.60. The van der Waals surface area contributed by atoms with Crippen LogP contribution >= 0.6 is 11.3 Å². The van der Waals surface area contributed by atoms with Crippen molar-refractivity contribution in [1.82, 2.24) is 15.3 Å². The number of hydrogen-bond donors (Lipinski definition) is 3. The highest BCUT2D eigenvalue weighted by Gasteiger charge is 2.13. The lowest BCUT2D eigenvalue weighted by molar-refractivity contribution is 0.0690. The van der Waals surface area contributed by atoms with E-state index in [0.29, 0.717) is 5.69 Å². The number of pyridine rings is 1. The molecule has 0 fully saturated rings. The minimum Gasteiger partial charge on any atom is -0.477 e. The smallest absolute Gasteiger partial charge is 0.354 e. The van der Waals surface area contributed by atoms with Crippen molar-refractivity contribution in [3.05, 3.63) is 40.1 Å². The Balaban J connectivity index is 1.93. The number of aromatic nitrogens is 2. The standard InChI is InChI=1S/C13H14N4O3S/c1-7-6-21-11(15-7)8(2)16-13(20)17-9-3-4-10(12(18)19)14-5-9/h3-6,8H,1-2H3,(H,18,19)(H2,16,17,20). The molecule has 8 heteroatoms. The van der Waals surface area contributed by atoms with E-state index in [0.717, 1.165) is 10.7 Å². The topological polar surface area (TPSA) is 104 Å². The van der Waals surface area contributed by atoms with E-state index in [1.165, 1.54) is 29.7 Å². The number of nitrogens with zero attached hydrogens (tertiary/aromatic N) is 2. The van der Waals surface area contributed by atoms with Crippen LogP contribution in [0.1, 0.15) is 34.2 Å². The van der Waals surface area contributed by atoms with Gasteiger partial charge in [-0.3, -0.25) is 0 Å². The Bertz CT molecular complexity index is 654. The Morgan fingerprint density at radius 1 is 1.38 bits per heavy atom. The summed E-state index contributed by atoms with van der Waals surface area (Å²) in [5, 5.41) is 16.8. The second kappa shape index (κ2) is 6.31. The molecular weight excluding hydrogens is 292 g/mol. The molecule has 0 radical (unpaired) electrons. The number of thiazole rings is 1. The minimum atomic E-state index is -1.11. The third kappa shape index (κ3) is 3.99. The van der Waals surface area contributed by atoms with Gasteiger partial charge in [-0.2, -0.15) is 0 Å². The predicted molar refractivity (Wildman–Crippen MR) is 78.6 cm³/mol. The van der Waals surface area contributed by atoms with Crippen molar-refractivity contribution < 1.29 is 14.7 Å². The van der Waals surface area contributed by atoms with Crippen molar-refractivity contribution in [3.63, 3.8) is 0 Å². The Hall–Kier alpha value is -2.48. The summed E-state index contributed by atoms with van der Waals surface area (Å²) in [4.78, 5) is 30.5. The molecule has 0 bridgehead atoms. The van der Waals surface area contributed by atoms with Gasteiger partial charge in [-0.25, -0.2) is 19.6 Å². The zero-order valence-corrected chi connectivity index (χ0v) is 12.3. The van der Waals surface area contributed by atoms with Crippen molar-refractivity contribution in [2.45, 2.75) is 19.9 Å². The molecule has 21 heavy (non-hydrogen) atoms. The average Bonchev–Trinajstić information content (AvgIpc) is 2.86. The molecule has 0 spiro atoms. The van der Waals surface area contributed by atoms with Crippen molar-refractivity contribution in [2.24, 2.45) is 0 Å². The Kier molecular flexibility index (Phi) is 4.49. The second-order valence-electron chi connectivity index (χ2n) is 4.38. The van der Waals surface area contributed by atoms with Gasteiger partial charge >= 0.3 is 12.0 Å². The fourth-order valence-corrected chi connectivity index (χ4v) is 2.39. The number of aromatic carboxylic acids is 1. The molecule has 110 valence electrons. The molecule has 1 atom stereocenters. The van der Waals surface area contributed by atoms with Crippen molar-refractivity contribution in [1.29, 1.82) is 0 Å². The maximum atomic E-state index is 11.8. The molecule has 2 rings (SSSR count). The highest BCUT2D eigenvalue weighted by Crippen LogP contribution is 2.17. The van der Waals surface area contributed by atoms with Crippen LogP contribution in [0.4, 0.5) is 10.5 Å². The Morgan fingerprint density at radius 2 is 2.14 bits per heavy atom. The third-order valence-corrected chi connectivity index (χ3v) is 3.74.